The second kappa shape index (κ2) is 8.44. The highest BCUT2D eigenvalue weighted by Crippen LogP contribution is 2.17. The molecule has 8 heteroatoms. The van der Waals surface area contributed by atoms with Crippen molar-refractivity contribution in [3.8, 4) is 17.1 Å². The molecular formula is C24H15N3O4S. The van der Waals surface area contributed by atoms with E-state index < -0.39 is 5.97 Å². The molecule has 7 nitrogen and oxygen atoms in total. The number of fused-ring (bicyclic) bond motifs is 1. The van der Waals surface area contributed by atoms with E-state index in [1.54, 1.807) is 42.5 Å². The molecule has 0 saturated carbocycles. The summed E-state index contributed by atoms with van der Waals surface area (Å²) in [6, 6.07) is 19.8. The minimum atomic E-state index is -0.514. The van der Waals surface area contributed by atoms with Gasteiger partial charge in [0.2, 0.25) is 4.96 Å². The van der Waals surface area contributed by atoms with Crippen LogP contribution in [0, 0.1) is 0 Å². The molecule has 5 aromatic rings. The molecule has 0 aliphatic carbocycles. The predicted molar refractivity (Wildman–Crippen MR) is 121 cm³/mol. The number of carbonyl (C=O) groups is 1. The molecule has 0 unspecified atom stereocenters. The normalized spacial score (nSPS) is 12.1. The number of furan rings is 1. The summed E-state index contributed by atoms with van der Waals surface area (Å²) in [5.74, 6) is 0.968. The highest BCUT2D eigenvalue weighted by molar-refractivity contribution is 7.15. The van der Waals surface area contributed by atoms with Gasteiger partial charge in [-0.2, -0.15) is 0 Å². The van der Waals surface area contributed by atoms with Gasteiger partial charge in [0.1, 0.15) is 11.5 Å². The van der Waals surface area contributed by atoms with Gasteiger partial charge in [0.25, 0.3) is 5.56 Å². The summed E-state index contributed by atoms with van der Waals surface area (Å²) in [4.78, 5) is 25.4. The molecule has 0 amide bonds. The van der Waals surface area contributed by atoms with E-state index in [2.05, 4.69) is 10.2 Å². The van der Waals surface area contributed by atoms with E-state index in [4.69, 9.17) is 9.15 Å². The van der Waals surface area contributed by atoms with Gasteiger partial charge in [-0.25, -0.2) is 9.20 Å². The lowest BCUT2D eigenvalue weighted by atomic mass is 10.2. The average Bonchev–Trinajstić information content (AvgIpc) is 3.54. The molecule has 0 saturated heterocycles. The fourth-order valence-electron chi connectivity index (χ4n) is 3.11. The molecule has 0 spiro atoms. The minimum absolute atomic E-state index is 0.174. The van der Waals surface area contributed by atoms with Gasteiger partial charge in [0.05, 0.1) is 10.8 Å². The fourth-order valence-corrected chi connectivity index (χ4v) is 4.02. The number of hydrogen-bond donors (Lipinski definition) is 0. The lowest BCUT2D eigenvalue weighted by Crippen LogP contribution is -2.23. The maximum Gasteiger partial charge on any atom is 0.336 e. The average molecular weight is 441 g/mol. The van der Waals surface area contributed by atoms with E-state index in [1.807, 2.05) is 30.3 Å². The predicted octanol–water partition coefficient (Wildman–Crippen LogP) is 3.58. The van der Waals surface area contributed by atoms with Gasteiger partial charge in [-0.1, -0.05) is 53.8 Å². The van der Waals surface area contributed by atoms with Crippen molar-refractivity contribution in [1.82, 2.24) is 14.6 Å². The number of thiazole rings is 1. The van der Waals surface area contributed by atoms with Crippen LogP contribution in [0.4, 0.5) is 0 Å². The van der Waals surface area contributed by atoms with Crippen molar-refractivity contribution >= 4 is 34.4 Å². The number of esters is 1. The first-order valence-corrected chi connectivity index (χ1v) is 10.5. The number of nitrogens with zero attached hydrogens (tertiary/aromatic N) is 3. The van der Waals surface area contributed by atoms with Crippen LogP contribution in [0.2, 0.25) is 0 Å². The van der Waals surface area contributed by atoms with Gasteiger partial charge in [0.15, 0.2) is 5.82 Å². The first kappa shape index (κ1) is 19.7. The lowest BCUT2D eigenvalue weighted by Gasteiger charge is -2.01. The van der Waals surface area contributed by atoms with E-state index in [1.165, 1.54) is 34.2 Å². The minimum Gasteiger partial charge on any atom is -0.465 e. The van der Waals surface area contributed by atoms with Crippen LogP contribution in [0.15, 0.2) is 88.3 Å². The Bertz CT molecular complexity index is 1520. The van der Waals surface area contributed by atoms with Crippen molar-refractivity contribution in [1.29, 1.82) is 0 Å². The molecule has 3 aromatic heterocycles. The van der Waals surface area contributed by atoms with Crippen molar-refractivity contribution in [2.45, 2.75) is 0 Å². The maximum absolute atomic E-state index is 12.9. The van der Waals surface area contributed by atoms with Crippen LogP contribution in [0.25, 0.3) is 28.5 Å². The van der Waals surface area contributed by atoms with Gasteiger partial charge < -0.3 is 9.15 Å². The third-order valence-electron chi connectivity index (χ3n) is 4.60. The number of rotatable bonds is 5. The van der Waals surface area contributed by atoms with Gasteiger partial charge in [0, 0.05) is 11.6 Å². The topological polar surface area (TPSA) is 86.7 Å². The molecule has 0 aliphatic rings. The van der Waals surface area contributed by atoms with Gasteiger partial charge >= 0.3 is 5.97 Å². The van der Waals surface area contributed by atoms with Crippen molar-refractivity contribution < 1.29 is 13.9 Å². The quantitative estimate of drug-likeness (QED) is 0.235. The summed E-state index contributed by atoms with van der Waals surface area (Å²) in [6.07, 6.45) is 6.13. The van der Waals surface area contributed by atoms with E-state index in [0.717, 1.165) is 11.1 Å². The van der Waals surface area contributed by atoms with E-state index in [-0.39, 0.29) is 5.56 Å². The number of carbonyl (C=O) groups excluding carboxylic acids is 1. The molecule has 3 heterocycles. The SMILES string of the molecule is O=C(/C=C/c1ccco1)Oc1ccc(/C=c2\sc3nnc(-c4ccccc4)n3c2=O)cc1. The first-order valence-electron chi connectivity index (χ1n) is 9.66. The molecule has 0 bridgehead atoms. The molecular weight excluding hydrogens is 426 g/mol. The fraction of sp³-hybridized carbons (Fsp3) is 0. The van der Waals surface area contributed by atoms with Crippen LogP contribution in [-0.4, -0.2) is 20.6 Å². The summed E-state index contributed by atoms with van der Waals surface area (Å²) >= 11 is 1.27. The second-order valence-corrected chi connectivity index (χ2v) is 7.77. The molecule has 0 atom stereocenters. The zero-order chi connectivity index (χ0) is 21.9. The van der Waals surface area contributed by atoms with E-state index in [9.17, 15) is 9.59 Å². The van der Waals surface area contributed by atoms with E-state index >= 15 is 0 Å². The van der Waals surface area contributed by atoms with Crippen molar-refractivity contribution in [2.75, 3.05) is 0 Å². The summed E-state index contributed by atoms with van der Waals surface area (Å²) in [6.45, 7) is 0. The Morgan fingerprint density at radius 1 is 1.00 bits per heavy atom. The Hall–Kier alpha value is -4.30. The Labute approximate surface area is 185 Å². The van der Waals surface area contributed by atoms with Crippen LogP contribution < -0.4 is 14.8 Å². The Morgan fingerprint density at radius 3 is 2.56 bits per heavy atom. The first-order chi connectivity index (χ1) is 15.7. The highest BCUT2D eigenvalue weighted by Gasteiger charge is 2.13. The van der Waals surface area contributed by atoms with Crippen LogP contribution in [-0.2, 0) is 4.79 Å². The third kappa shape index (κ3) is 3.99. The third-order valence-corrected chi connectivity index (χ3v) is 5.56. The molecule has 32 heavy (non-hydrogen) atoms. The van der Waals surface area contributed by atoms with Gasteiger partial charge in [-0.15, -0.1) is 10.2 Å². The van der Waals surface area contributed by atoms with Crippen LogP contribution in [0.5, 0.6) is 5.75 Å². The summed E-state index contributed by atoms with van der Waals surface area (Å²) < 4.78 is 12.5. The van der Waals surface area contributed by atoms with Crippen LogP contribution >= 0.6 is 11.3 Å². The zero-order valence-electron chi connectivity index (χ0n) is 16.5. The lowest BCUT2D eigenvalue weighted by molar-refractivity contribution is -0.128. The molecule has 0 N–H and O–H groups in total. The van der Waals surface area contributed by atoms with Gasteiger partial charge in [-0.3, -0.25) is 4.79 Å². The number of hydrogen-bond acceptors (Lipinski definition) is 7. The van der Waals surface area contributed by atoms with Crippen molar-refractivity contribution in [3.05, 3.63) is 105 Å². The second-order valence-electron chi connectivity index (χ2n) is 6.76. The van der Waals surface area contributed by atoms with Gasteiger partial charge in [-0.05, 0) is 42.0 Å². The standard InChI is InChI=1S/C24H15N3O4S/c28-21(13-12-18-7-4-14-30-18)31-19-10-8-16(9-11-19)15-20-23(29)27-22(25-26-24(27)32-20)17-5-2-1-3-6-17/h1-15H/b13-12+,20-15-. The smallest absolute Gasteiger partial charge is 0.336 e. The summed E-state index contributed by atoms with van der Waals surface area (Å²) in [7, 11) is 0. The van der Waals surface area contributed by atoms with Crippen molar-refractivity contribution in [2.24, 2.45) is 0 Å². The Kier molecular flexibility index (Phi) is 5.19. The highest BCUT2D eigenvalue weighted by atomic mass is 32.1. The van der Waals surface area contributed by atoms with E-state index in [0.29, 0.717) is 26.8 Å². The van der Waals surface area contributed by atoms with Crippen LogP contribution in [0.1, 0.15) is 11.3 Å². The van der Waals surface area contributed by atoms with Crippen molar-refractivity contribution in [3.63, 3.8) is 0 Å². The number of ether oxygens (including phenoxy) is 1. The summed E-state index contributed by atoms with van der Waals surface area (Å²) in [5.41, 5.74) is 1.45. The number of aromatic nitrogens is 3. The maximum atomic E-state index is 12.9. The monoisotopic (exact) mass is 441 g/mol. The van der Waals surface area contributed by atoms with Crippen LogP contribution in [0.3, 0.4) is 0 Å². The number of benzene rings is 2. The molecule has 2 aromatic carbocycles. The molecule has 0 fully saturated rings. The summed E-state index contributed by atoms with van der Waals surface area (Å²) in [5, 5.41) is 8.30. The molecule has 0 aliphatic heterocycles. The Balaban J connectivity index is 1.37. The largest absolute Gasteiger partial charge is 0.465 e. The molecule has 156 valence electrons. The molecule has 5 rings (SSSR count). The zero-order valence-corrected chi connectivity index (χ0v) is 17.4. The molecule has 0 radical (unpaired) electrons. The Morgan fingerprint density at radius 2 is 1.81 bits per heavy atom.